The molecule has 7 heteroatoms. The van der Waals surface area contributed by atoms with Gasteiger partial charge in [0.1, 0.15) is 6.54 Å². The van der Waals surface area contributed by atoms with Gasteiger partial charge in [0.05, 0.1) is 0 Å². The normalized spacial score (nSPS) is 19.9. The Labute approximate surface area is 155 Å². The maximum Gasteiger partial charge on any atom is 0.405 e. The number of carbonyl (C=O) groups is 2. The molecule has 2 amide bonds. The number of fused-ring (bicyclic) bond motifs is 1. The molecule has 1 aliphatic heterocycles. The van der Waals surface area contributed by atoms with Gasteiger partial charge in [-0.25, -0.2) is 0 Å². The van der Waals surface area contributed by atoms with Gasteiger partial charge >= 0.3 is 6.18 Å². The average Bonchev–Trinajstić information content (AvgIpc) is 2.98. The molecule has 2 aromatic carbocycles. The molecule has 0 spiro atoms. The van der Waals surface area contributed by atoms with Gasteiger partial charge < -0.3 is 10.6 Å². The second-order valence-corrected chi connectivity index (χ2v) is 7.08. The molecule has 1 unspecified atom stereocenters. The third kappa shape index (κ3) is 5.21. The van der Waals surface area contributed by atoms with Gasteiger partial charge in [0, 0.05) is 18.4 Å². The van der Waals surface area contributed by atoms with Crippen molar-refractivity contribution >= 4 is 22.6 Å². The van der Waals surface area contributed by atoms with Gasteiger partial charge in [-0.3, -0.25) is 9.59 Å². The van der Waals surface area contributed by atoms with Gasteiger partial charge in [0.25, 0.3) is 0 Å². The molecule has 4 nitrogen and oxygen atoms in total. The van der Waals surface area contributed by atoms with Crippen molar-refractivity contribution < 1.29 is 22.8 Å². The number of alkyl halides is 3. The Morgan fingerprint density at radius 2 is 1.89 bits per heavy atom. The van der Waals surface area contributed by atoms with Crippen molar-refractivity contribution in [2.24, 2.45) is 0 Å². The lowest BCUT2D eigenvalue weighted by molar-refractivity contribution is -0.138. The first kappa shape index (κ1) is 19.2. The third-order valence-corrected chi connectivity index (χ3v) is 4.91. The van der Waals surface area contributed by atoms with E-state index in [1.807, 2.05) is 47.8 Å². The molecule has 2 aromatic rings. The standard InChI is InChI=1S/C20H21F3N2O2/c21-20(22,23)13-24-17(26)7-9-19(10-8-18(27)25-19)12-14-5-6-15-3-1-2-4-16(15)11-14/h1-6,11H,7-10,12-13H2,(H,24,26)(H,25,27). The number of rotatable bonds is 6. The van der Waals surface area contributed by atoms with Crippen LogP contribution in [0.25, 0.3) is 10.8 Å². The molecule has 0 aliphatic carbocycles. The highest BCUT2D eigenvalue weighted by Gasteiger charge is 2.38. The molecule has 1 saturated heterocycles. The summed E-state index contributed by atoms with van der Waals surface area (Å²) in [5.41, 5.74) is 0.418. The number of amides is 2. The Morgan fingerprint density at radius 3 is 2.56 bits per heavy atom. The van der Waals surface area contributed by atoms with Crippen LogP contribution in [0.5, 0.6) is 0 Å². The molecule has 3 rings (SSSR count). The zero-order valence-corrected chi connectivity index (χ0v) is 14.7. The SMILES string of the molecule is O=C(CCC1(Cc2ccc3ccccc3c2)CCC(=O)N1)NCC(F)(F)F. The van der Waals surface area contributed by atoms with Crippen LogP contribution in [-0.4, -0.2) is 30.1 Å². The molecule has 1 heterocycles. The number of nitrogens with one attached hydrogen (secondary N) is 2. The molecule has 144 valence electrons. The summed E-state index contributed by atoms with van der Waals surface area (Å²) in [6.45, 7) is -1.34. The Morgan fingerprint density at radius 1 is 1.15 bits per heavy atom. The summed E-state index contributed by atoms with van der Waals surface area (Å²) >= 11 is 0. The summed E-state index contributed by atoms with van der Waals surface area (Å²) in [4.78, 5) is 23.6. The summed E-state index contributed by atoms with van der Waals surface area (Å²) in [5, 5.41) is 7.03. The van der Waals surface area contributed by atoms with E-state index in [2.05, 4.69) is 5.32 Å². The highest BCUT2D eigenvalue weighted by atomic mass is 19.4. The number of halogens is 3. The molecule has 2 N–H and O–H groups in total. The van der Waals surface area contributed by atoms with E-state index in [1.165, 1.54) is 0 Å². The lowest BCUT2D eigenvalue weighted by atomic mass is 9.84. The number of benzene rings is 2. The van der Waals surface area contributed by atoms with Crippen molar-refractivity contribution in [1.29, 1.82) is 0 Å². The van der Waals surface area contributed by atoms with E-state index in [0.29, 0.717) is 25.7 Å². The van der Waals surface area contributed by atoms with Gasteiger partial charge in [-0.15, -0.1) is 0 Å². The molecule has 0 saturated carbocycles. The zero-order valence-electron chi connectivity index (χ0n) is 14.7. The maximum absolute atomic E-state index is 12.2. The first-order valence-electron chi connectivity index (χ1n) is 8.87. The van der Waals surface area contributed by atoms with E-state index in [9.17, 15) is 22.8 Å². The van der Waals surface area contributed by atoms with Crippen LogP contribution in [0.3, 0.4) is 0 Å². The van der Waals surface area contributed by atoms with Gasteiger partial charge in [0.15, 0.2) is 0 Å². The number of hydrogen-bond acceptors (Lipinski definition) is 2. The van der Waals surface area contributed by atoms with Gasteiger partial charge in [-0.1, -0.05) is 42.5 Å². The molecule has 27 heavy (non-hydrogen) atoms. The molecular formula is C20H21F3N2O2. The first-order valence-corrected chi connectivity index (χ1v) is 8.87. The van der Waals surface area contributed by atoms with Crippen LogP contribution in [0.1, 0.15) is 31.2 Å². The second kappa shape index (κ2) is 7.58. The Kier molecular flexibility index (Phi) is 5.39. The van der Waals surface area contributed by atoms with Crippen LogP contribution in [0, 0.1) is 0 Å². The first-order chi connectivity index (χ1) is 12.7. The monoisotopic (exact) mass is 378 g/mol. The van der Waals surface area contributed by atoms with E-state index in [0.717, 1.165) is 16.3 Å². The minimum atomic E-state index is -4.43. The summed E-state index contributed by atoms with van der Waals surface area (Å²) in [7, 11) is 0. The predicted molar refractivity (Wildman–Crippen MR) is 96.1 cm³/mol. The smallest absolute Gasteiger partial charge is 0.350 e. The van der Waals surface area contributed by atoms with E-state index < -0.39 is 24.2 Å². The van der Waals surface area contributed by atoms with Crippen molar-refractivity contribution in [3.05, 3.63) is 48.0 Å². The van der Waals surface area contributed by atoms with Crippen LogP contribution in [0.15, 0.2) is 42.5 Å². The zero-order chi connectivity index (χ0) is 19.5. The topological polar surface area (TPSA) is 58.2 Å². The van der Waals surface area contributed by atoms with Gasteiger partial charge in [-0.2, -0.15) is 13.2 Å². The quantitative estimate of drug-likeness (QED) is 0.809. The Hall–Kier alpha value is -2.57. The van der Waals surface area contributed by atoms with Crippen LogP contribution >= 0.6 is 0 Å². The van der Waals surface area contributed by atoms with Crippen molar-refractivity contribution in [3.8, 4) is 0 Å². The highest BCUT2D eigenvalue weighted by molar-refractivity contribution is 5.83. The minimum absolute atomic E-state index is 0.0655. The van der Waals surface area contributed by atoms with Crippen LogP contribution in [0.2, 0.25) is 0 Å². The second-order valence-electron chi connectivity index (χ2n) is 7.08. The highest BCUT2D eigenvalue weighted by Crippen LogP contribution is 2.30. The summed E-state index contributed by atoms with van der Waals surface area (Å²) < 4.78 is 36.7. The molecule has 0 radical (unpaired) electrons. The summed E-state index contributed by atoms with van der Waals surface area (Å²) in [6.07, 6.45) is -2.74. The lowest BCUT2D eigenvalue weighted by Gasteiger charge is -2.29. The Balaban J connectivity index is 1.69. The Bertz CT molecular complexity index is 850. The predicted octanol–water partition coefficient (Wildman–Crippen LogP) is 3.49. The fraction of sp³-hybridized carbons (Fsp3) is 0.400. The summed E-state index contributed by atoms with van der Waals surface area (Å²) in [6, 6.07) is 14.0. The fourth-order valence-electron chi connectivity index (χ4n) is 3.56. The molecule has 0 bridgehead atoms. The van der Waals surface area contributed by atoms with Crippen molar-refractivity contribution in [1.82, 2.24) is 10.6 Å². The van der Waals surface area contributed by atoms with Crippen molar-refractivity contribution in [2.45, 2.75) is 43.8 Å². The molecular weight excluding hydrogens is 357 g/mol. The number of hydrogen-bond donors (Lipinski definition) is 2. The van der Waals surface area contributed by atoms with Crippen LogP contribution in [-0.2, 0) is 16.0 Å². The maximum atomic E-state index is 12.2. The molecule has 1 atom stereocenters. The van der Waals surface area contributed by atoms with E-state index in [-0.39, 0.29) is 12.3 Å². The third-order valence-electron chi connectivity index (χ3n) is 4.91. The largest absolute Gasteiger partial charge is 0.405 e. The van der Waals surface area contributed by atoms with Gasteiger partial charge in [-0.05, 0) is 35.6 Å². The van der Waals surface area contributed by atoms with Crippen molar-refractivity contribution in [3.63, 3.8) is 0 Å². The van der Waals surface area contributed by atoms with Gasteiger partial charge in [0.2, 0.25) is 11.8 Å². The van der Waals surface area contributed by atoms with Crippen LogP contribution in [0.4, 0.5) is 13.2 Å². The number of carbonyl (C=O) groups excluding carboxylic acids is 2. The minimum Gasteiger partial charge on any atom is -0.350 e. The molecule has 1 fully saturated rings. The van der Waals surface area contributed by atoms with E-state index >= 15 is 0 Å². The van der Waals surface area contributed by atoms with Crippen LogP contribution < -0.4 is 10.6 Å². The van der Waals surface area contributed by atoms with E-state index in [1.54, 1.807) is 0 Å². The fourth-order valence-corrected chi connectivity index (χ4v) is 3.56. The van der Waals surface area contributed by atoms with E-state index in [4.69, 9.17) is 0 Å². The molecule has 1 aliphatic rings. The average molecular weight is 378 g/mol. The lowest BCUT2D eigenvalue weighted by Crippen LogP contribution is -2.45. The van der Waals surface area contributed by atoms with Crippen molar-refractivity contribution in [2.75, 3.05) is 6.54 Å². The molecule has 0 aromatic heterocycles. The summed E-state index contributed by atoms with van der Waals surface area (Å²) in [5.74, 6) is -0.752.